The zero-order valence-electron chi connectivity index (χ0n) is 13.3. The molecule has 0 radical (unpaired) electrons. The van der Waals surface area contributed by atoms with E-state index in [9.17, 15) is 0 Å². The van der Waals surface area contributed by atoms with Gasteiger partial charge in [0.15, 0.2) is 0 Å². The Morgan fingerprint density at radius 1 is 1.20 bits per heavy atom. The number of aromatic nitrogens is 2. The first-order valence-corrected chi connectivity index (χ1v) is 8.58. The molecule has 1 aromatic heterocycles. The third-order valence-corrected chi connectivity index (χ3v) is 4.53. The van der Waals surface area contributed by atoms with Crippen molar-refractivity contribution in [2.75, 3.05) is 13.1 Å². The Labute approximate surface area is 124 Å². The van der Waals surface area contributed by atoms with Crippen molar-refractivity contribution in [2.24, 2.45) is 5.92 Å². The van der Waals surface area contributed by atoms with Gasteiger partial charge in [0.2, 0.25) is 0 Å². The molecule has 114 valence electrons. The van der Waals surface area contributed by atoms with Crippen LogP contribution in [0.1, 0.15) is 70.3 Å². The molecule has 1 heterocycles. The highest BCUT2D eigenvalue weighted by atomic mass is 15.3. The smallest absolute Gasteiger partial charge is 0.0524 e. The molecule has 3 heteroatoms. The second-order valence-corrected chi connectivity index (χ2v) is 6.25. The van der Waals surface area contributed by atoms with Gasteiger partial charge in [-0.15, -0.1) is 0 Å². The van der Waals surface area contributed by atoms with Crippen molar-refractivity contribution in [1.29, 1.82) is 0 Å². The average Bonchev–Trinajstić information content (AvgIpc) is 2.78. The van der Waals surface area contributed by atoms with Crippen LogP contribution in [0.4, 0.5) is 0 Å². The summed E-state index contributed by atoms with van der Waals surface area (Å²) in [7, 11) is 0. The maximum atomic E-state index is 4.54. The van der Waals surface area contributed by atoms with Gasteiger partial charge in [-0.25, -0.2) is 0 Å². The van der Waals surface area contributed by atoms with Gasteiger partial charge in [-0.05, 0) is 56.2 Å². The molecule has 1 N–H and O–H groups in total. The molecule has 1 aliphatic carbocycles. The molecule has 0 bridgehead atoms. The van der Waals surface area contributed by atoms with Crippen LogP contribution in [0.15, 0.2) is 12.4 Å². The summed E-state index contributed by atoms with van der Waals surface area (Å²) in [6.45, 7) is 7.83. The minimum Gasteiger partial charge on any atom is -0.316 e. The number of aryl methyl sites for hydroxylation is 1. The van der Waals surface area contributed by atoms with Gasteiger partial charge in [0.1, 0.15) is 0 Å². The summed E-state index contributed by atoms with van der Waals surface area (Å²) in [5, 5.41) is 8.18. The van der Waals surface area contributed by atoms with E-state index in [4.69, 9.17) is 0 Å². The van der Waals surface area contributed by atoms with E-state index < -0.39 is 0 Å². The zero-order chi connectivity index (χ0) is 14.2. The molecule has 20 heavy (non-hydrogen) atoms. The van der Waals surface area contributed by atoms with Gasteiger partial charge < -0.3 is 5.32 Å². The van der Waals surface area contributed by atoms with Gasteiger partial charge in [0, 0.05) is 12.7 Å². The normalized spacial score (nSPS) is 23.7. The van der Waals surface area contributed by atoms with Crippen molar-refractivity contribution in [1.82, 2.24) is 15.1 Å². The molecule has 1 aliphatic rings. The average molecular weight is 277 g/mol. The van der Waals surface area contributed by atoms with Crippen molar-refractivity contribution in [2.45, 2.75) is 71.3 Å². The maximum absolute atomic E-state index is 4.54. The first-order chi connectivity index (χ1) is 9.85. The highest BCUT2D eigenvalue weighted by molar-refractivity contribution is 5.13. The molecule has 0 saturated heterocycles. The third kappa shape index (κ3) is 4.34. The van der Waals surface area contributed by atoms with Gasteiger partial charge in [0.25, 0.3) is 0 Å². The topological polar surface area (TPSA) is 29.9 Å². The van der Waals surface area contributed by atoms with Crippen LogP contribution in [0.2, 0.25) is 0 Å². The van der Waals surface area contributed by atoms with E-state index in [1.807, 2.05) is 0 Å². The van der Waals surface area contributed by atoms with Gasteiger partial charge in [0.05, 0.1) is 6.20 Å². The lowest BCUT2D eigenvalue weighted by Crippen LogP contribution is -2.27. The molecule has 0 spiro atoms. The zero-order valence-corrected chi connectivity index (χ0v) is 13.3. The lowest BCUT2D eigenvalue weighted by Gasteiger charge is -2.24. The second kappa shape index (κ2) is 8.46. The van der Waals surface area contributed by atoms with Gasteiger partial charge in [-0.3, -0.25) is 4.68 Å². The van der Waals surface area contributed by atoms with Crippen LogP contribution in [0.25, 0.3) is 0 Å². The summed E-state index contributed by atoms with van der Waals surface area (Å²) in [4.78, 5) is 0. The fourth-order valence-corrected chi connectivity index (χ4v) is 3.45. The monoisotopic (exact) mass is 277 g/mol. The second-order valence-electron chi connectivity index (χ2n) is 6.25. The standard InChI is InChI=1S/C17H31N3/c1-3-10-18-12-15-8-6-5-7-9-17(15)16-13-19-20(14-16)11-4-2/h13-15,17-18H,3-12H2,1-2H3. The summed E-state index contributed by atoms with van der Waals surface area (Å²) in [6, 6.07) is 0. The number of rotatable bonds is 7. The van der Waals surface area contributed by atoms with E-state index in [2.05, 4.69) is 41.3 Å². The van der Waals surface area contributed by atoms with Crippen molar-refractivity contribution >= 4 is 0 Å². The minimum atomic E-state index is 0.715. The SMILES string of the molecule is CCCNCC1CCCCCC1c1cnn(CCC)c1. The van der Waals surface area contributed by atoms with Crippen molar-refractivity contribution in [3.05, 3.63) is 18.0 Å². The Hall–Kier alpha value is -0.830. The Morgan fingerprint density at radius 2 is 2.05 bits per heavy atom. The lowest BCUT2D eigenvalue weighted by molar-refractivity contribution is 0.375. The Balaban J connectivity index is 2.02. The predicted octanol–water partition coefficient (Wildman–Crippen LogP) is 3.96. The Bertz CT molecular complexity index is 372. The molecule has 1 fully saturated rings. The first-order valence-electron chi connectivity index (χ1n) is 8.58. The van der Waals surface area contributed by atoms with E-state index in [1.165, 1.54) is 50.6 Å². The number of hydrogen-bond acceptors (Lipinski definition) is 2. The summed E-state index contributed by atoms with van der Waals surface area (Å²) < 4.78 is 2.12. The van der Waals surface area contributed by atoms with Gasteiger partial charge >= 0.3 is 0 Å². The summed E-state index contributed by atoms with van der Waals surface area (Å²) in [5.41, 5.74) is 1.48. The molecule has 1 saturated carbocycles. The maximum Gasteiger partial charge on any atom is 0.0524 e. The predicted molar refractivity (Wildman–Crippen MR) is 85.0 cm³/mol. The molecule has 2 rings (SSSR count). The Kier molecular flexibility index (Phi) is 6.58. The fraction of sp³-hybridized carbons (Fsp3) is 0.824. The van der Waals surface area contributed by atoms with Crippen LogP contribution in [0.5, 0.6) is 0 Å². The van der Waals surface area contributed by atoms with E-state index in [0.717, 1.165) is 25.4 Å². The largest absolute Gasteiger partial charge is 0.316 e. The highest BCUT2D eigenvalue weighted by Gasteiger charge is 2.25. The quantitative estimate of drug-likeness (QED) is 0.604. The van der Waals surface area contributed by atoms with E-state index in [1.54, 1.807) is 0 Å². The summed E-state index contributed by atoms with van der Waals surface area (Å²) in [6.07, 6.45) is 13.7. The van der Waals surface area contributed by atoms with Crippen LogP contribution in [-0.4, -0.2) is 22.9 Å². The molecule has 2 unspecified atom stereocenters. The van der Waals surface area contributed by atoms with Gasteiger partial charge in [-0.1, -0.05) is 33.1 Å². The fourth-order valence-electron chi connectivity index (χ4n) is 3.45. The van der Waals surface area contributed by atoms with E-state index in [-0.39, 0.29) is 0 Å². The molecule has 2 atom stereocenters. The van der Waals surface area contributed by atoms with Gasteiger partial charge in [-0.2, -0.15) is 5.10 Å². The van der Waals surface area contributed by atoms with Crippen LogP contribution in [-0.2, 0) is 6.54 Å². The van der Waals surface area contributed by atoms with E-state index in [0.29, 0.717) is 5.92 Å². The molecule has 1 aromatic rings. The van der Waals surface area contributed by atoms with E-state index >= 15 is 0 Å². The third-order valence-electron chi connectivity index (χ3n) is 4.53. The number of nitrogens with zero attached hydrogens (tertiary/aromatic N) is 2. The lowest BCUT2D eigenvalue weighted by atomic mass is 9.84. The summed E-state index contributed by atoms with van der Waals surface area (Å²) >= 11 is 0. The molecular formula is C17H31N3. The Morgan fingerprint density at radius 3 is 2.85 bits per heavy atom. The molecule has 0 aromatic carbocycles. The van der Waals surface area contributed by atoms with Crippen molar-refractivity contribution in [3.63, 3.8) is 0 Å². The van der Waals surface area contributed by atoms with Crippen LogP contribution in [0, 0.1) is 5.92 Å². The first kappa shape index (κ1) is 15.6. The van der Waals surface area contributed by atoms with Crippen LogP contribution < -0.4 is 5.32 Å². The summed E-state index contributed by atoms with van der Waals surface area (Å²) in [5.74, 6) is 1.51. The van der Waals surface area contributed by atoms with Crippen molar-refractivity contribution < 1.29 is 0 Å². The number of hydrogen-bond donors (Lipinski definition) is 1. The minimum absolute atomic E-state index is 0.715. The highest BCUT2D eigenvalue weighted by Crippen LogP contribution is 2.36. The van der Waals surface area contributed by atoms with Crippen molar-refractivity contribution in [3.8, 4) is 0 Å². The molecular weight excluding hydrogens is 246 g/mol. The van der Waals surface area contributed by atoms with Crippen LogP contribution >= 0.6 is 0 Å². The molecule has 3 nitrogen and oxygen atoms in total. The van der Waals surface area contributed by atoms with Crippen LogP contribution in [0.3, 0.4) is 0 Å². The molecule has 0 aliphatic heterocycles. The molecule has 0 amide bonds. The number of nitrogens with one attached hydrogen (secondary N) is 1.